The molecule has 1 N–H and O–H groups in total. The minimum absolute atomic E-state index is 0.155. The molecule has 0 fully saturated rings. The van der Waals surface area contributed by atoms with Crippen molar-refractivity contribution >= 4 is 10.0 Å². The van der Waals surface area contributed by atoms with Crippen LogP contribution < -0.4 is 4.72 Å². The monoisotopic (exact) mass is 339 g/mol. The van der Waals surface area contributed by atoms with E-state index in [1.165, 1.54) is 14.0 Å². The van der Waals surface area contributed by atoms with Crippen molar-refractivity contribution in [2.24, 2.45) is 7.05 Å². The maximum absolute atomic E-state index is 12.9. The molecule has 0 bridgehead atoms. The van der Waals surface area contributed by atoms with Gasteiger partial charge in [0, 0.05) is 13.2 Å². The van der Waals surface area contributed by atoms with Gasteiger partial charge in [0.15, 0.2) is 5.69 Å². The quantitative estimate of drug-likeness (QED) is 0.895. The van der Waals surface area contributed by atoms with Crippen LogP contribution in [0.3, 0.4) is 0 Å². The van der Waals surface area contributed by atoms with E-state index in [1.807, 2.05) is 0 Å². The molecule has 0 spiro atoms. The van der Waals surface area contributed by atoms with Crippen LogP contribution in [0.15, 0.2) is 10.7 Å². The number of nitrogens with one attached hydrogen (secondary N) is 1. The number of hydrogen-bond acceptors (Lipinski definition) is 6. The van der Waals surface area contributed by atoms with Gasteiger partial charge in [0.1, 0.15) is 0 Å². The first kappa shape index (κ1) is 16.4. The van der Waals surface area contributed by atoms with Crippen LogP contribution in [0.5, 0.6) is 0 Å². The number of rotatable bonds is 4. The first-order valence-corrected chi connectivity index (χ1v) is 7.78. The lowest BCUT2D eigenvalue weighted by Crippen LogP contribution is -2.25. The molecule has 0 saturated carbocycles. The number of aromatic nitrogens is 4. The summed E-state index contributed by atoms with van der Waals surface area (Å²) in [5.74, 6) is -0.477. The number of halogens is 3. The second-order valence-electron chi connectivity index (χ2n) is 4.63. The maximum atomic E-state index is 12.9. The smallest absolute Gasteiger partial charge is 0.337 e. The molecule has 0 aliphatic carbocycles. The predicted octanol–water partition coefficient (Wildman–Crippen LogP) is 1.10. The summed E-state index contributed by atoms with van der Waals surface area (Å²) in [6.07, 6.45) is -2.64. The van der Waals surface area contributed by atoms with Gasteiger partial charge in [-0.25, -0.2) is 13.1 Å². The lowest BCUT2D eigenvalue weighted by molar-refractivity contribution is -0.141. The van der Waals surface area contributed by atoms with E-state index < -0.39 is 27.9 Å². The molecule has 8 nitrogen and oxygen atoms in total. The molecule has 0 aliphatic rings. The molecule has 1 unspecified atom stereocenters. The summed E-state index contributed by atoms with van der Waals surface area (Å²) in [6.45, 7) is 1.42. The second-order valence-corrected chi connectivity index (χ2v) is 6.41. The summed E-state index contributed by atoms with van der Waals surface area (Å²) in [4.78, 5) is 3.79. The summed E-state index contributed by atoms with van der Waals surface area (Å²) in [7, 11) is -2.20. The molecule has 2 heterocycles. The summed E-state index contributed by atoms with van der Waals surface area (Å²) < 4.78 is 68.9. The van der Waals surface area contributed by atoms with Crippen molar-refractivity contribution in [1.82, 2.24) is 24.6 Å². The zero-order chi connectivity index (χ0) is 16.7. The Kier molecular flexibility index (Phi) is 4.00. The molecule has 0 amide bonds. The number of nitrogens with zero attached hydrogens (tertiary/aromatic N) is 4. The first-order valence-electron chi connectivity index (χ1n) is 5.89. The average Bonchev–Trinajstić information content (AvgIpc) is 2.91. The van der Waals surface area contributed by atoms with Crippen LogP contribution in [-0.2, 0) is 23.2 Å². The van der Waals surface area contributed by atoms with E-state index in [-0.39, 0.29) is 17.3 Å². The van der Waals surface area contributed by atoms with Crippen molar-refractivity contribution in [2.75, 3.05) is 6.26 Å². The van der Waals surface area contributed by atoms with Crippen molar-refractivity contribution in [3.8, 4) is 11.4 Å². The molecule has 0 radical (unpaired) electrons. The third kappa shape index (κ3) is 3.62. The second kappa shape index (κ2) is 5.35. The van der Waals surface area contributed by atoms with Crippen LogP contribution >= 0.6 is 0 Å². The Labute approximate surface area is 123 Å². The van der Waals surface area contributed by atoms with E-state index in [0.717, 1.165) is 17.1 Å². The van der Waals surface area contributed by atoms with Crippen molar-refractivity contribution in [1.29, 1.82) is 0 Å². The summed E-state index contributed by atoms with van der Waals surface area (Å²) in [6, 6.07) is -0.873. The molecular weight excluding hydrogens is 327 g/mol. The Bertz CT molecular complexity index is 780. The Hall–Kier alpha value is -1.95. The third-order valence-corrected chi connectivity index (χ3v) is 3.32. The maximum Gasteiger partial charge on any atom is 0.435 e. The highest BCUT2D eigenvalue weighted by Gasteiger charge is 2.38. The average molecular weight is 339 g/mol. The highest BCUT2D eigenvalue weighted by atomic mass is 32.2. The lowest BCUT2D eigenvalue weighted by atomic mass is 10.2. The molecule has 2 rings (SSSR count). The van der Waals surface area contributed by atoms with Gasteiger partial charge in [-0.15, -0.1) is 0 Å². The van der Waals surface area contributed by atoms with E-state index in [4.69, 9.17) is 4.52 Å². The third-order valence-electron chi connectivity index (χ3n) is 2.54. The van der Waals surface area contributed by atoms with Crippen molar-refractivity contribution < 1.29 is 26.1 Å². The highest BCUT2D eigenvalue weighted by molar-refractivity contribution is 7.88. The predicted molar refractivity (Wildman–Crippen MR) is 67.9 cm³/mol. The van der Waals surface area contributed by atoms with Crippen molar-refractivity contribution in [3.63, 3.8) is 0 Å². The molecule has 22 heavy (non-hydrogen) atoms. The van der Waals surface area contributed by atoms with Crippen LogP contribution in [0.4, 0.5) is 13.2 Å². The Morgan fingerprint density at radius 1 is 1.41 bits per heavy atom. The van der Waals surface area contributed by atoms with Crippen LogP contribution in [0.2, 0.25) is 0 Å². The number of hydrogen-bond donors (Lipinski definition) is 1. The Morgan fingerprint density at radius 2 is 2.05 bits per heavy atom. The van der Waals surface area contributed by atoms with Crippen LogP contribution in [0, 0.1) is 0 Å². The van der Waals surface area contributed by atoms with Gasteiger partial charge in [0.05, 0.1) is 17.9 Å². The molecule has 0 aliphatic heterocycles. The number of sulfonamides is 1. The zero-order valence-corrected chi connectivity index (χ0v) is 12.5. The molecule has 122 valence electrons. The van der Waals surface area contributed by atoms with E-state index in [0.29, 0.717) is 0 Å². The SMILES string of the molecule is CC(NS(C)(=O)=O)c1nc(-c2cn(C)nc2C(F)(F)F)no1. The molecule has 0 aromatic carbocycles. The molecule has 12 heteroatoms. The summed E-state index contributed by atoms with van der Waals surface area (Å²) in [5.41, 5.74) is -1.50. The minimum atomic E-state index is -4.67. The van der Waals surface area contributed by atoms with Gasteiger partial charge in [-0.2, -0.15) is 23.3 Å². The van der Waals surface area contributed by atoms with Gasteiger partial charge in [0.2, 0.25) is 21.7 Å². The molecular formula is C10H12F3N5O3S. The van der Waals surface area contributed by atoms with Gasteiger partial charge >= 0.3 is 6.18 Å². The summed E-state index contributed by atoms with van der Waals surface area (Å²) >= 11 is 0. The lowest BCUT2D eigenvalue weighted by Gasteiger charge is -2.06. The molecule has 1 atom stereocenters. The van der Waals surface area contributed by atoms with Crippen molar-refractivity contribution in [2.45, 2.75) is 19.1 Å². The highest BCUT2D eigenvalue weighted by Crippen LogP contribution is 2.35. The molecule has 2 aromatic rings. The van der Waals surface area contributed by atoms with Crippen LogP contribution in [0.1, 0.15) is 24.6 Å². The largest absolute Gasteiger partial charge is 0.435 e. The number of aryl methyl sites for hydroxylation is 1. The fourth-order valence-electron chi connectivity index (χ4n) is 1.75. The van der Waals surface area contributed by atoms with E-state index in [1.54, 1.807) is 0 Å². The zero-order valence-electron chi connectivity index (χ0n) is 11.7. The van der Waals surface area contributed by atoms with Gasteiger partial charge in [-0.3, -0.25) is 4.68 Å². The van der Waals surface area contributed by atoms with Gasteiger partial charge < -0.3 is 4.52 Å². The van der Waals surface area contributed by atoms with E-state index in [9.17, 15) is 21.6 Å². The summed E-state index contributed by atoms with van der Waals surface area (Å²) in [5, 5.41) is 6.78. The topological polar surface area (TPSA) is 103 Å². The standard InChI is InChI=1S/C10H12F3N5O3S/c1-5(17-22(3,19)20)9-14-8(16-21-9)6-4-18(2)15-7(6)10(11,12)13/h4-5,17H,1-3H3. The minimum Gasteiger partial charge on any atom is -0.337 e. The number of alkyl halides is 3. The van der Waals surface area contributed by atoms with Crippen molar-refractivity contribution in [3.05, 3.63) is 17.8 Å². The molecule has 2 aromatic heterocycles. The van der Waals surface area contributed by atoms with Crippen LogP contribution in [0.25, 0.3) is 11.4 Å². The Balaban J connectivity index is 2.37. The normalized spacial score (nSPS) is 14.3. The fraction of sp³-hybridized carbons (Fsp3) is 0.500. The first-order chi connectivity index (χ1) is 9.97. The van der Waals surface area contributed by atoms with Crippen LogP contribution in [-0.4, -0.2) is 34.6 Å². The van der Waals surface area contributed by atoms with Gasteiger partial charge in [-0.1, -0.05) is 5.16 Å². The molecule has 0 saturated heterocycles. The van der Waals surface area contributed by atoms with E-state index in [2.05, 4.69) is 20.0 Å². The van der Waals surface area contributed by atoms with Gasteiger partial charge in [-0.05, 0) is 6.92 Å². The Morgan fingerprint density at radius 3 is 2.59 bits per heavy atom. The van der Waals surface area contributed by atoms with E-state index >= 15 is 0 Å². The fourth-order valence-corrected chi connectivity index (χ4v) is 2.50. The van der Waals surface area contributed by atoms with Gasteiger partial charge in [0.25, 0.3) is 0 Å².